The van der Waals surface area contributed by atoms with E-state index in [1.54, 1.807) is 4.57 Å². The Bertz CT molecular complexity index is 732. The van der Waals surface area contributed by atoms with Gasteiger partial charge >= 0.3 is 7.82 Å². The first-order valence-electron chi connectivity index (χ1n) is 6.30. The van der Waals surface area contributed by atoms with E-state index in [1.165, 1.54) is 12.7 Å². The summed E-state index contributed by atoms with van der Waals surface area (Å²) in [4.78, 5) is 30.1. The fraction of sp³-hybridized carbons (Fsp3) is 0.500. The number of aromatic nitrogens is 4. The van der Waals surface area contributed by atoms with E-state index in [2.05, 4.69) is 15.0 Å². The van der Waals surface area contributed by atoms with Crippen LogP contribution in [0.25, 0.3) is 11.2 Å². The standard InChI is InChI=1S/C10H14N5O6P/c11-9-7-10(13-3-12-9)15(4-14-7)5-2-20-6(1-16)8(5)21-22(17,18)19/h3-6,8,16H,1-2H2,(H2,11,12,13)(H2,17,18,19)/t5-,6-,8+/m1/s1. The third kappa shape index (κ3) is 2.70. The summed E-state index contributed by atoms with van der Waals surface area (Å²) in [7, 11) is -4.76. The molecule has 1 aliphatic rings. The molecule has 3 heterocycles. The lowest BCUT2D eigenvalue weighted by Crippen LogP contribution is -2.33. The van der Waals surface area contributed by atoms with E-state index in [1.807, 2.05) is 0 Å². The molecule has 0 bridgehead atoms. The van der Waals surface area contributed by atoms with Crippen LogP contribution in [0, 0.1) is 0 Å². The van der Waals surface area contributed by atoms with Crippen molar-refractivity contribution in [2.24, 2.45) is 0 Å². The third-order valence-corrected chi connectivity index (χ3v) is 3.93. The molecule has 0 spiro atoms. The van der Waals surface area contributed by atoms with E-state index in [0.717, 1.165) is 0 Å². The number of anilines is 1. The van der Waals surface area contributed by atoms with Gasteiger partial charge in [-0.3, -0.25) is 4.52 Å². The summed E-state index contributed by atoms with van der Waals surface area (Å²) in [6.45, 7) is -0.365. The van der Waals surface area contributed by atoms with Crippen LogP contribution in [0.1, 0.15) is 6.04 Å². The number of phosphoric acid groups is 1. The van der Waals surface area contributed by atoms with Gasteiger partial charge in [-0.1, -0.05) is 0 Å². The monoisotopic (exact) mass is 331 g/mol. The molecule has 5 N–H and O–H groups in total. The number of hydrogen-bond acceptors (Lipinski definition) is 8. The van der Waals surface area contributed by atoms with Gasteiger partial charge in [0.2, 0.25) is 0 Å². The molecular weight excluding hydrogens is 317 g/mol. The van der Waals surface area contributed by atoms with E-state index in [-0.39, 0.29) is 12.4 Å². The van der Waals surface area contributed by atoms with Gasteiger partial charge in [0, 0.05) is 0 Å². The van der Waals surface area contributed by atoms with Crippen LogP contribution in [0.5, 0.6) is 0 Å². The number of fused-ring (bicyclic) bond motifs is 1. The lowest BCUT2D eigenvalue weighted by molar-refractivity contribution is 0.00152. The van der Waals surface area contributed by atoms with E-state index in [0.29, 0.717) is 11.2 Å². The van der Waals surface area contributed by atoms with Crippen molar-refractivity contribution in [1.29, 1.82) is 0 Å². The molecule has 0 aromatic carbocycles. The summed E-state index contributed by atoms with van der Waals surface area (Å²) in [6.07, 6.45) is 0.752. The molecule has 1 saturated heterocycles. The van der Waals surface area contributed by atoms with E-state index < -0.39 is 32.7 Å². The maximum absolute atomic E-state index is 11.1. The molecule has 120 valence electrons. The van der Waals surface area contributed by atoms with Crippen molar-refractivity contribution < 1.29 is 28.7 Å². The molecule has 3 atom stereocenters. The minimum absolute atomic E-state index is 0.0747. The van der Waals surface area contributed by atoms with Crippen molar-refractivity contribution in [2.75, 3.05) is 18.9 Å². The van der Waals surface area contributed by atoms with Gasteiger partial charge in [0.15, 0.2) is 11.5 Å². The number of hydrogen-bond donors (Lipinski definition) is 4. The van der Waals surface area contributed by atoms with Crippen LogP contribution in [-0.2, 0) is 13.8 Å². The number of nitrogen functional groups attached to an aromatic ring is 1. The number of imidazole rings is 1. The van der Waals surface area contributed by atoms with Crippen LogP contribution >= 0.6 is 7.82 Å². The van der Waals surface area contributed by atoms with Crippen molar-refractivity contribution in [2.45, 2.75) is 18.2 Å². The third-order valence-electron chi connectivity index (χ3n) is 3.41. The highest BCUT2D eigenvalue weighted by Gasteiger charge is 2.43. The van der Waals surface area contributed by atoms with Gasteiger partial charge < -0.3 is 29.9 Å². The Morgan fingerprint density at radius 2 is 2.23 bits per heavy atom. The second kappa shape index (κ2) is 5.54. The average molecular weight is 331 g/mol. The van der Waals surface area contributed by atoms with Crippen molar-refractivity contribution in [3.05, 3.63) is 12.7 Å². The smallest absolute Gasteiger partial charge is 0.394 e. The first-order valence-corrected chi connectivity index (χ1v) is 7.83. The Morgan fingerprint density at radius 3 is 2.91 bits per heavy atom. The molecule has 22 heavy (non-hydrogen) atoms. The Hall–Kier alpha value is -1.62. The SMILES string of the molecule is Nc1ncnc2c1ncn2[C@@H]1CO[C@H](CO)[C@H]1OP(=O)(O)O. The van der Waals surface area contributed by atoms with E-state index in [4.69, 9.17) is 24.8 Å². The molecule has 2 aromatic heterocycles. The fourth-order valence-electron chi connectivity index (χ4n) is 2.46. The molecule has 0 radical (unpaired) electrons. The van der Waals surface area contributed by atoms with Crippen LogP contribution in [0.2, 0.25) is 0 Å². The summed E-state index contributed by atoms with van der Waals surface area (Å²) in [5.74, 6) is 0.189. The van der Waals surface area contributed by atoms with Crippen LogP contribution in [-0.4, -0.2) is 59.8 Å². The zero-order valence-electron chi connectivity index (χ0n) is 11.2. The maximum Gasteiger partial charge on any atom is 0.470 e. The highest BCUT2D eigenvalue weighted by atomic mass is 31.2. The minimum atomic E-state index is -4.76. The van der Waals surface area contributed by atoms with Gasteiger partial charge in [-0.15, -0.1) is 0 Å². The van der Waals surface area contributed by atoms with Gasteiger partial charge in [-0.25, -0.2) is 19.5 Å². The summed E-state index contributed by atoms with van der Waals surface area (Å²) in [6, 6.07) is -0.621. The highest BCUT2D eigenvalue weighted by molar-refractivity contribution is 7.46. The Morgan fingerprint density at radius 1 is 1.45 bits per heavy atom. The number of rotatable bonds is 4. The maximum atomic E-state index is 11.1. The number of nitrogens with two attached hydrogens (primary N) is 1. The predicted molar refractivity (Wildman–Crippen MR) is 72.5 cm³/mol. The first-order chi connectivity index (χ1) is 10.4. The fourth-order valence-corrected chi connectivity index (χ4v) is 3.06. The number of phosphoric ester groups is 1. The number of ether oxygens (including phenoxy) is 1. The van der Waals surface area contributed by atoms with Crippen LogP contribution < -0.4 is 5.73 Å². The summed E-state index contributed by atoms with van der Waals surface area (Å²) >= 11 is 0. The van der Waals surface area contributed by atoms with Gasteiger partial charge in [-0.05, 0) is 0 Å². The van der Waals surface area contributed by atoms with Crippen molar-refractivity contribution >= 4 is 24.8 Å². The summed E-state index contributed by atoms with van der Waals surface area (Å²) in [5, 5.41) is 9.28. The van der Waals surface area contributed by atoms with Gasteiger partial charge in [0.1, 0.15) is 24.1 Å². The molecular formula is C10H14N5O6P. The van der Waals surface area contributed by atoms with Gasteiger partial charge in [-0.2, -0.15) is 0 Å². The second-order valence-corrected chi connectivity index (χ2v) is 5.96. The lowest BCUT2D eigenvalue weighted by atomic mass is 10.1. The molecule has 3 rings (SSSR count). The van der Waals surface area contributed by atoms with Crippen molar-refractivity contribution in [1.82, 2.24) is 19.5 Å². The largest absolute Gasteiger partial charge is 0.470 e. The molecule has 0 aliphatic carbocycles. The van der Waals surface area contributed by atoms with Crippen molar-refractivity contribution in [3.63, 3.8) is 0 Å². The average Bonchev–Trinajstić information content (AvgIpc) is 3.01. The zero-order valence-corrected chi connectivity index (χ0v) is 12.1. The lowest BCUT2D eigenvalue weighted by Gasteiger charge is -2.23. The normalized spacial score (nSPS) is 25.9. The predicted octanol–water partition coefficient (Wildman–Crippen LogP) is -1.18. The van der Waals surface area contributed by atoms with Gasteiger partial charge in [0.05, 0.1) is 25.6 Å². The summed E-state index contributed by atoms with van der Waals surface area (Å²) < 4.78 is 22.8. The number of aliphatic hydroxyl groups excluding tert-OH is 1. The van der Waals surface area contributed by atoms with Crippen LogP contribution in [0.4, 0.5) is 5.82 Å². The number of aliphatic hydroxyl groups is 1. The van der Waals surface area contributed by atoms with Gasteiger partial charge in [0.25, 0.3) is 0 Å². The molecule has 0 unspecified atom stereocenters. The van der Waals surface area contributed by atoms with E-state index >= 15 is 0 Å². The zero-order chi connectivity index (χ0) is 15.9. The minimum Gasteiger partial charge on any atom is -0.394 e. The van der Waals surface area contributed by atoms with E-state index in [9.17, 15) is 9.67 Å². The second-order valence-electron chi connectivity index (χ2n) is 4.77. The summed E-state index contributed by atoms with van der Waals surface area (Å²) in [5.41, 5.74) is 6.46. The first kappa shape index (κ1) is 15.3. The van der Waals surface area contributed by atoms with Crippen LogP contribution in [0.3, 0.4) is 0 Å². The Labute approximate surface area is 124 Å². The molecule has 2 aromatic rings. The topological polar surface area (TPSA) is 166 Å². The Kier molecular flexibility index (Phi) is 3.85. The highest BCUT2D eigenvalue weighted by Crippen LogP contribution is 2.43. The quantitative estimate of drug-likeness (QED) is 0.501. The molecule has 1 fully saturated rings. The molecule has 1 aliphatic heterocycles. The molecule has 0 amide bonds. The molecule has 11 nitrogen and oxygen atoms in total. The Balaban J connectivity index is 2.01. The van der Waals surface area contributed by atoms with Crippen molar-refractivity contribution in [3.8, 4) is 0 Å². The molecule has 0 saturated carbocycles. The van der Waals surface area contributed by atoms with Crippen LogP contribution in [0.15, 0.2) is 12.7 Å². The molecule has 12 heteroatoms. The number of nitrogens with zero attached hydrogens (tertiary/aromatic N) is 4.